The minimum Gasteiger partial charge on any atom is -0.463 e. The van der Waals surface area contributed by atoms with Gasteiger partial charge in [-0.2, -0.15) is 0 Å². The van der Waals surface area contributed by atoms with Gasteiger partial charge < -0.3 is 9.47 Å². The minimum absolute atomic E-state index is 0.393. The number of esters is 2. The van der Waals surface area contributed by atoms with Gasteiger partial charge in [0.2, 0.25) is 0 Å². The molecule has 0 aliphatic carbocycles. The van der Waals surface area contributed by atoms with Crippen LogP contribution in [0.5, 0.6) is 0 Å². The summed E-state index contributed by atoms with van der Waals surface area (Å²) in [4.78, 5) is 22.1. The summed E-state index contributed by atoms with van der Waals surface area (Å²) < 4.78 is 9.65. The van der Waals surface area contributed by atoms with Crippen LogP contribution in [0.2, 0.25) is 0 Å². The molecule has 0 N–H and O–H groups in total. The van der Waals surface area contributed by atoms with Crippen molar-refractivity contribution in [3.63, 3.8) is 0 Å². The van der Waals surface area contributed by atoms with Crippen LogP contribution in [0.1, 0.15) is 207 Å². The molecule has 0 aliphatic rings. The summed E-state index contributed by atoms with van der Waals surface area (Å²) in [5.41, 5.74) is 0. The van der Waals surface area contributed by atoms with Gasteiger partial charge in [-0.3, -0.25) is 0 Å². The van der Waals surface area contributed by atoms with Gasteiger partial charge in [-0.25, -0.2) is 9.59 Å². The monoisotopic (exact) mass is 649 g/mol. The number of ether oxygens (including phenoxy) is 2. The summed E-state index contributed by atoms with van der Waals surface area (Å²) in [6, 6.07) is 0. The van der Waals surface area contributed by atoms with Crippen molar-refractivity contribution in [2.45, 2.75) is 207 Å². The zero-order valence-electron chi connectivity index (χ0n) is 31.6. The van der Waals surface area contributed by atoms with Gasteiger partial charge in [-0.05, 0) is 38.5 Å². The lowest BCUT2D eigenvalue weighted by Gasteiger charge is -2.02. The fourth-order valence-corrected chi connectivity index (χ4v) is 4.77. The fraction of sp³-hybridized carbons (Fsp3) is 0.810. The molecule has 0 spiro atoms. The lowest BCUT2D eigenvalue weighted by molar-refractivity contribution is -0.140. The first-order valence-corrected chi connectivity index (χ1v) is 19.8. The van der Waals surface area contributed by atoms with Crippen LogP contribution in [0, 0.1) is 0 Å². The van der Waals surface area contributed by atoms with E-state index in [1.165, 1.54) is 154 Å². The molecule has 0 aliphatic heterocycles. The van der Waals surface area contributed by atoms with Crippen molar-refractivity contribution in [1.29, 1.82) is 0 Å². The highest BCUT2D eigenvalue weighted by Crippen LogP contribution is 2.13. The zero-order chi connectivity index (χ0) is 34.6. The molecule has 0 saturated heterocycles. The molecule has 272 valence electrons. The van der Waals surface area contributed by atoms with Crippen LogP contribution in [0.3, 0.4) is 0 Å². The van der Waals surface area contributed by atoms with Crippen molar-refractivity contribution >= 4 is 11.9 Å². The third-order valence-electron chi connectivity index (χ3n) is 7.86. The SMILES string of the molecule is C=CCCCCCCCCCCCC.C=CCCCCCCCCCCCCCC.CCCCOC(=O)/C=C/C(=O)OCCCC. The molecule has 0 unspecified atom stereocenters. The van der Waals surface area contributed by atoms with Gasteiger partial charge in [0.25, 0.3) is 0 Å². The molecule has 0 radical (unpaired) electrons. The van der Waals surface area contributed by atoms with E-state index in [1.54, 1.807) is 0 Å². The molecule has 0 fully saturated rings. The number of carbonyl (C=O) groups excluding carboxylic acids is 2. The minimum atomic E-state index is -0.499. The second-order valence-electron chi connectivity index (χ2n) is 12.6. The molecule has 0 aromatic heterocycles. The fourth-order valence-electron chi connectivity index (χ4n) is 4.77. The Morgan fingerprint density at radius 3 is 0.870 bits per heavy atom. The summed E-state index contributed by atoms with van der Waals surface area (Å²) in [7, 11) is 0. The Morgan fingerprint density at radius 1 is 0.391 bits per heavy atom. The number of rotatable bonds is 32. The third kappa shape index (κ3) is 51.7. The molecule has 0 atom stereocenters. The van der Waals surface area contributed by atoms with Crippen LogP contribution in [-0.2, 0) is 19.1 Å². The maximum atomic E-state index is 11.0. The quantitative estimate of drug-likeness (QED) is 0.0315. The standard InChI is InChI=1S/C16H32.C14H28.C12H20O4/c1-3-5-7-9-11-13-15-16-14-12-10-8-6-4-2;1-3-5-7-9-11-13-14-12-10-8-6-4-2;1-3-5-9-15-11(13)7-8-12(14)16-10-6-4-2/h3H,1,4-16H2,2H3;3H,1,4-14H2,2H3;7-8H,3-6,9-10H2,1-2H3/b;;8-7+. The lowest BCUT2D eigenvalue weighted by atomic mass is 10.0. The normalized spacial score (nSPS) is 10.4. The molecule has 4 heteroatoms. The molecule has 0 heterocycles. The van der Waals surface area contributed by atoms with E-state index in [2.05, 4.69) is 27.0 Å². The van der Waals surface area contributed by atoms with Gasteiger partial charge >= 0.3 is 11.9 Å². The number of allylic oxidation sites excluding steroid dienone is 2. The van der Waals surface area contributed by atoms with Crippen LogP contribution in [0.25, 0.3) is 0 Å². The van der Waals surface area contributed by atoms with Crippen molar-refractivity contribution in [1.82, 2.24) is 0 Å². The highest BCUT2D eigenvalue weighted by atomic mass is 16.5. The van der Waals surface area contributed by atoms with Crippen molar-refractivity contribution < 1.29 is 19.1 Å². The maximum Gasteiger partial charge on any atom is 0.331 e. The van der Waals surface area contributed by atoms with E-state index in [0.717, 1.165) is 37.8 Å². The zero-order valence-corrected chi connectivity index (χ0v) is 31.6. The first-order valence-electron chi connectivity index (χ1n) is 19.8. The van der Waals surface area contributed by atoms with Crippen LogP contribution in [-0.4, -0.2) is 25.2 Å². The average molecular weight is 649 g/mol. The van der Waals surface area contributed by atoms with E-state index in [4.69, 9.17) is 9.47 Å². The van der Waals surface area contributed by atoms with E-state index in [1.807, 2.05) is 26.0 Å². The third-order valence-corrected chi connectivity index (χ3v) is 7.86. The molecule has 0 aromatic carbocycles. The topological polar surface area (TPSA) is 52.6 Å². The number of hydrogen-bond donors (Lipinski definition) is 0. The lowest BCUT2D eigenvalue weighted by Crippen LogP contribution is -2.05. The van der Waals surface area contributed by atoms with Crippen molar-refractivity contribution in [2.75, 3.05) is 13.2 Å². The largest absolute Gasteiger partial charge is 0.463 e. The Hall–Kier alpha value is -1.84. The molecule has 4 nitrogen and oxygen atoms in total. The molecule has 46 heavy (non-hydrogen) atoms. The molecule has 0 bridgehead atoms. The first kappa shape index (κ1) is 48.6. The molecule has 0 aromatic rings. The van der Waals surface area contributed by atoms with Gasteiger partial charge in [-0.15, -0.1) is 13.2 Å². The molecular formula is C42H80O4. The van der Waals surface area contributed by atoms with Crippen molar-refractivity contribution in [3.8, 4) is 0 Å². The van der Waals surface area contributed by atoms with Gasteiger partial charge in [0.1, 0.15) is 0 Å². The summed E-state index contributed by atoms with van der Waals surface area (Å²) >= 11 is 0. The number of hydrogen-bond acceptors (Lipinski definition) is 4. The summed E-state index contributed by atoms with van der Waals surface area (Å²) in [5.74, 6) is -0.998. The van der Waals surface area contributed by atoms with E-state index in [0.29, 0.717) is 13.2 Å². The van der Waals surface area contributed by atoms with E-state index in [-0.39, 0.29) is 0 Å². The van der Waals surface area contributed by atoms with Crippen molar-refractivity contribution in [3.05, 3.63) is 37.5 Å². The summed E-state index contributed by atoms with van der Waals surface area (Å²) in [6.07, 6.45) is 43.8. The van der Waals surface area contributed by atoms with Crippen LogP contribution in [0.15, 0.2) is 37.5 Å². The van der Waals surface area contributed by atoms with Crippen LogP contribution in [0.4, 0.5) is 0 Å². The Balaban J connectivity index is -0.000000605. The summed E-state index contributed by atoms with van der Waals surface area (Å²) in [5, 5.41) is 0. The summed E-state index contributed by atoms with van der Waals surface area (Å²) in [6.45, 7) is 16.9. The Morgan fingerprint density at radius 2 is 0.630 bits per heavy atom. The van der Waals surface area contributed by atoms with Gasteiger partial charge in [0.05, 0.1) is 13.2 Å². The van der Waals surface area contributed by atoms with Crippen molar-refractivity contribution in [2.24, 2.45) is 0 Å². The number of unbranched alkanes of at least 4 members (excludes halogenated alkanes) is 24. The molecule has 0 rings (SSSR count). The second-order valence-corrected chi connectivity index (χ2v) is 12.6. The van der Waals surface area contributed by atoms with Gasteiger partial charge in [0.15, 0.2) is 0 Å². The molecular weight excluding hydrogens is 568 g/mol. The Kier molecular flexibility index (Phi) is 50.2. The van der Waals surface area contributed by atoms with Gasteiger partial charge in [0, 0.05) is 12.2 Å². The Labute approximate surface area is 288 Å². The van der Waals surface area contributed by atoms with E-state index < -0.39 is 11.9 Å². The van der Waals surface area contributed by atoms with E-state index in [9.17, 15) is 9.59 Å². The Bertz CT molecular complexity index is 616. The second kappa shape index (κ2) is 47.6. The van der Waals surface area contributed by atoms with Crippen LogP contribution >= 0.6 is 0 Å². The smallest absolute Gasteiger partial charge is 0.331 e. The predicted molar refractivity (Wildman–Crippen MR) is 203 cm³/mol. The molecule has 0 amide bonds. The highest BCUT2D eigenvalue weighted by molar-refractivity contribution is 5.91. The average Bonchev–Trinajstić information content (AvgIpc) is 3.06. The molecule has 0 saturated carbocycles. The van der Waals surface area contributed by atoms with E-state index >= 15 is 0 Å². The highest BCUT2D eigenvalue weighted by Gasteiger charge is 2.00. The first-order chi connectivity index (χ1) is 22.5. The predicted octanol–water partition coefficient (Wildman–Crippen LogP) is 14.0. The maximum absolute atomic E-state index is 11.0. The number of carbonyl (C=O) groups is 2. The van der Waals surface area contributed by atoms with Gasteiger partial charge in [-0.1, -0.05) is 181 Å². The van der Waals surface area contributed by atoms with Crippen LogP contribution < -0.4 is 0 Å².